The minimum absolute atomic E-state index is 0.125. The lowest BCUT2D eigenvalue weighted by molar-refractivity contribution is 0.0995. The Hall–Kier alpha value is -0.340. The summed E-state index contributed by atoms with van der Waals surface area (Å²) in [5.41, 5.74) is 0.469. The lowest BCUT2D eigenvalue weighted by Crippen LogP contribution is -2.06. The van der Waals surface area contributed by atoms with Gasteiger partial charge in [-0.25, -0.2) is 0 Å². The van der Waals surface area contributed by atoms with Crippen LogP contribution in [0, 0.1) is 0 Å². The van der Waals surface area contributed by atoms with Gasteiger partial charge in [-0.2, -0.15) is 0 Å². The van der Waals surface area contributed by atoms with Crippen LogP contribution in [-0.4, -0.2) is 23.4 Å². The van der Waals surface area contributed by atoms with Crippen LogP contribution in [0.4, 0.5) is 0 Å². The maximum atomic E-state index is 12.3. The molecule has 0 aliphatic carbocycles. The fourth-order valence-electron chi connectivity index (χ4n) is 1.30. The van der Waals surface area contributed by atoms with Crippen molar-refractivity contribution in [2.45, 2.75) is 13.8 Å². The number of halogens is 1. The van der Waals surface area contributed by atoms with Gasteiger partial charge in [0.2, 0.25) is 5.78 Å². The summed E-state index contributed by atoms with van der Waals surface area (Å²) in [6.45, 7) is 3.75. The fraction of sp³-hybridized carbons (Fsp3) is 0.500. The van der Waals surface area contributed by atoms with Crippen LogP contribution in [0.5, 0.6) is 0 Å². The predicted molar refractivity (Wildman–Crippen MR) is 65.2 cm³/mol. The third-order valence-electron chi connectivity index (χ3n) is 2.41. The Bertz CT molecular complexity index is 389. The van der Waals surface area contributed by atoms with E-state index in [9.17, 15) is 9.36 Å². The SMILES string of the molecule is CCP(=O)(CC)c1ccc(C(=O)CBr)o1. The Morgan fingerprint density at radius 1 is 1.40 bits per heavy atom. The molecule has 0 aliphatic rings. The third-order valence-corrected chi connectivity index (χ3v) is 6.01. The van der Waals surface area contributed by atoms with Crippen LogP contribution in [0.3, 0.4) is 0 Å². The molecule has 3 nitrogen and oxygen atoms in total. The van der Waals surface area contributed by atoms with Gasteiger partial charge in [0.05, 0.1) is 5.33 Å². The van der Waals surface area contributed by atoms with Crippen molar-refractivity contribution < 1.29 is 13.8 Å². The quantitative estimate of drug-likeness (QED) is 0.476. The van der Waals surface area contributed by atoms with Crippen LogP contribution in [0.15, 0.2) is 16.5 Å². The van der Waals surface area contributed by atoms with Crippen LogP contribution in [0.25, 0.3) is 0 Å². The van der Waals surface area contributed by atoms with Crippen molar-refractivity contribution >= 4 is 34.4 Å². The molecule has 5 heteroatoms. The molecule has 1 aromatic rings. The summed E-state index contributed by atoms with van der Waals surface area (Å²) in [5.74, 6) is 0.156. The van der Waals surface area contributed by atoms with E-state index in [1.807, 2.05) is 13.8 Å². The lowest BCUT2D eigenvalue weighted by atomic mass is 10.3. The summed E-state index contributed by atoms with van der Waals surface area (Å²) >= 11 is 3.07. The van der Waals surface area contributed by atoms with Crippen molar-refractivity contribution in [2.24, 2.45) is 0 Å². The van der Waals surface area contributed by atoms with Gasteiger partial charge in [0.25, 0.3) is 0 Å². The zero-order valence-electron chi connectivity index (χ0n) is 8.83. The molecule has 0 radical (unpaired) electrons. The van der Waals surface area contributed by atoms with E-state index in [-0.39, 0.29) is 16.9 Å². The van der Waals surface area contributed by atoms with Gasteiger partial charge in [-0.1, -0.05) is 29.8 Å². The molecule has 0 bridgehead atoms. The van der Waals surface area contributed by atoms with Crippen molar-refractivity contribution in [1.29, 1.82) is 0 Å². The second-order valence-corrected chi connectivity index (χ2v) is 7.26. The van der Waals surface area contributed by atoms with E-state index in [4.69, 9.17) is 4.42 Å². The number of rotatable bonds is 5. The van der Waals surface area contributed by atoms with Crippen LogP contribution in [0.1, 0.15) is 24.4 Å². The number of hydrogen-bond donors (Lipinski definition) is 0. The standard InChI is InChI=1S/C10H14BrO3P/c1-3-15(13,4-2)10-6-5-9(14-10)8(12)7-11/h5-6H,3-4,7H2,1-2H3. The molecular formula is C10H14BrO3P. The van der Waals surface area contributed by atoms with Crippen molar-refractivity contribution in [1.82, 2.24) is 0 Å². The summed E-state index contributed by atoms with van der Waals surface area (Å²) in [6.07, 6.45) is 1.14. The molecule has 0 saturated carbocycles. The minimum Gasteiger partial charge on any atom is -0.450 e. The first-order valence-electron chi connectivity index (χ1n) is 4.85. The first-order valence-corrected chi connectivity index (χ1v) is 8.05. The molecule has 84 valence electrons. The van der Waals surface area contributed by atoms with Gasteiger partial charge in [-0.3, -0.25) is 4.79 Å². The monoisotopic (exact) mass is 292 g/mol. The number of carbonyl (C=O) groups is 1. The van der Waals surface area contributed by atoms with E-state index in [1.165, 1.54) is 0 Å². The zero-order valence-corrected chi connectivity index (χ0v) is 11.3. The maximum Gasteiger partial charge on any atom is 0.208 e. The number of hydrogen-bond acceptors (Lipinski definition) is 3. The second-order valence-electron chi connectivity index (χ2n) is 3.22. The Morgan fingerprint density at radius 3 is 2.47 bits per heavy atom. The zero-order chi connectivity index (χ0) is 11.5. The summed E-state index contributed by atoms with van der Waals surface area (Å²) in [6, 6.07) is 3.25. The molecule has 0 unspecified atom stereocenters. The van der Waals surface area contributed by atoms with Gasteiger partial charge in [0.1, 0.15) is 7.14 Å². The summed E-state index contributed by atoms with van der Waals surface area (Å²) in [4.78, 5) is 11.3. The Kier molecular flexibility index (Phi) is 4.35. The van der Waals surface area contributed by atoms with Gasteiger partial charge < -0.3 is 8.98 Å². The summed E-state index contributed by atoms with van der Waals surface area (Å²) in [5, 5.41) is 0.225. The molecule has 1 heterocycles. The molecule has 0 amide bonds. The average Bonchev–Trinajstić information content (AvgIpc) is 2.76. The van der Waals surface area contributed by atoms with Crippen molar-refractivity contribution in [3.63, 3.8) is 0 Å². The minimum atomic E-state index is -2.40. The van der Waals surface area contributed by atoms with Gasteiger partial charge in [-0.05, 0) is 12.1 Å². The maximum absolute atomic E-state index is 12.3. The lowest BCUT2D eigenvalue weighted by Gasteiger charge is -2.09. The van der Waals surface area contributed by atoms with Crippen LogP contribution < -0.4 is 5.50 Å². The first kappa shape index (κ1) is 12.7. The van der Waals surface area contributed by atoms with Crippen molar-refractivity contribution in [3.8, 4) is 0 Å². The Morgan fingerprint density at radius 2 is 2.00 bits per heavy atom. The largest absolute Gasteiger partial charge is 0.450 e. The Balaban J connectivity index is 3.03. The highest BCUT2D eigenvalue weighted by Gasteiger charge is 2.25. The highest BCUT2D eigenvalue weighted by atomic mass is 79.9. The molecule has 15 heavy (non-hydrogen) atoms. The first-order chi connectivity index (χ1) is 7.07. The molecule has 0 saturated heterocycles. The van der Waals surface area contributed by atoms with Crippen LogP contribution >= 0.6 is 23.1 Å². The fourth-order valence-corrected chi connectivity index (χ4v) is 3.26. The average molecular weight is 293 g/mol. The molecule has 0 atom stereocenters. The van der Waals surface area contributed by atoms with E-state index in [0.29, 0.717) is 17.8 Å². The van der Waals surface area contributed by atoms with Gasteiger partial charge >= 0.3 is 0 Å². The summed E-state index contributed by atoms with van der Waals surface area (Å²) in [7, 11) is -2.40. The second kappa shape index (κ2) is 5.13. The van der Waals surface area contributed by atoms with E-state index in [0.717, 1.165) is 0 Å². The highest BCUT2D eigenvalue weighted by Crippen LogP contribution is 2.43. The molecule has 0 spiro atoms. The van der Waals surface area contributed by atoms with Crippen molar-refractivity contribution in [2.75, 3.05) is 17.7 Å². The normalized spacial score (nSPS) is 11.7. The smallest absolute Gasteiger partial charge is 0.208 e. The summed E-state index contributed by atoms with van der Waals surface area (Å²) < 4.78 is 17.6. The molecule has 0 aliphatic heterocycles. The van der Waals surface area contributed by atoms with Crippen molar-refractivity contribution in [3.05, 3.63) is 17.9 Å². The van der Waals surface area contributed by atoms with Gasteiger partial charge in [-0.15, -0.1) is 0 Å². The van der Waals surface area contributed by atoms with Crippen LogP contribution in [0.2, 0.25) is 0 Å². The molecule has 0 fully saturated rings. The molecule has 0 N–H and O–H groups in total. The number of ketones is 1. The molecule has 1 rings (SSSR count). The van der Waals surface area contributed by atoms with E-state index in [1.54, 1.807) is 12.1 Å². The number of carbonyl (C=O) groups excluding carboxylic acids is 1. The third kappa shape index (κ3) is 2.61. The molecule has 1 aromatic heterocycles. The van der Waals surface area contributed by atoms with Crippen LogP contribution in [-0.2, 0) is 4.57 Å². The number of furan rings is 1. The van der Waals surface area contributed by atoms with E-state index < -0.39 is 7.14 Å². The number of Topliss-reactive ketones (excluding diaryl/α,β-unsaturated/α-hetero) is 1. The van der Waals surface area contributed by atoms with E-state index >= 15 is 0 Å². The predicted octanol–water partition coefficient (Wildman–Crippen LogP) is 2.89. The Labute approximate surface area is 97.7 Å². The van der Waals surface area contributed by atoms with Gasteiger partial charge in [0, 0.05) is 12.3 Å². The van der Waals surface area contributed by atoms with E-state index in [2.05, 4.69) is 15.9 Å². The molecular weight excluding hydrogens is 279 g/mol. The molecule has 0 aromatic carbocycles. The number of alkyl halides is 1. The highest BCUT2D eigenvalue weighted by molar-refractivity contribution is 9.09. The topological polar surface area (TPSA) is 47.3 Å². The van der Waals surface area contributed by atoms with Gasteiger partial charge in [0.15, 0.2) is 11.3 Å².